The molecule has 0 bridgehead atoms. The Bertz CT molecular complexity index is 337. The monoisotopic (exact) mass is 233 g/mol. The molecule has 0 saturated carbocycles. The van der Waals surface area contributed by atoms with Crippen molar-refractivity contribution < 1.29 is 17.9 Å². The van der Waals surface area contributed by atoms with Crippen LogP contribution in [0.2, 0.25) is 0 Å². The van der Waals surface area contributed by atoms with Crippen molar-refractivity contribution in [1.82, 2.24) is 4.31 Å². The van der Waals surface area contributed by atoms with E-state index in [1.807, 2.05) is 0 Å². The third-order valence-corrected chi connectivity index (χ3v) is 5.63. The average molecular weight is 233 g/mol. The van der Waals surface area contributed by atoms with Crippen LogP contribution in [0.4, 0.5) is 0 Å². The van der Waals surface area contributed by atoms with Crippen LogP contribution < -0.4 is 0 Å². The zero-order valence-corrected chi connectivity index (χ0v) is 9.28. The molecule has 3 saturated heterocycles. The zero-order chi connectivity index (χ0) is 10.5. The quantitative estimate of drug-likeness (QED) is 0.626. The van der Waals surface area contributed by atoms with Crippen molar-refractivity contribution in [2.45, 2.75) is 36.8 Å². The van der Waals surface area contributed by atoms with Gasteiger partial charge in [0.25, 0.3) is 0 Å². The highest BCUT2D eigenvalue weighted by Gasteiger charge is 2.59. The van der Waals surface area contributed by atoms with E-state index in [1.165, 1.54) is 0 Å². The Hall–Kier alpha value is -0.170. The molecule has 0 aromatic carbocycles. The molecular formula is C9H15NO4S. The molecule has 3 aliphatic rings. The van der Waals surface area contributed by atoms with Gasteiger partial charge in [0.1, 0.15) is 11.5 Å². The Labute approximate surface area is 89.4 Å². The number of sulfonamides is 1. The Morgan fingerprint density at radius 1 is 1.20 bits per heavy atom. The maximum Gasteiger partial charge on any atom is 0.221 e. The van der Waals surface area contributed by atoms with E-state index in [-0.39, 0.29) is 17.5 Å². The zero-order valence-electron chi connectivity index (χ0n) is 8.46. The van der Waals surface area contributed by atoms with Gasteiger partial charge in [-0.2, -0.15) is 4.31 Å². The molecule has 0 amide bonds. The molecule has 0 N–H and O–H groups in total. The van der Waals surface area contributed by atoms with Crippen molar-refractivity contribution in [3.05, 3.63) is 0 Å². The maximum atomic E-state index is 12.1. The fraction of sp³-hybridized carbons (Fsp3) is 1.00. The smallest absolute Gasteiger partial charge is 0.221 e. The van der Waals surface area contributed by atoms with Crippen molar-refractivity contribution in [1.29, 1.82) is 0 Å². The summed E-state index contributed by atoms with van der Waals surface area (Å²) in [5, 5.41) is -0.341. The van der Waals surface area contributed by atoms with Gasteiger partial charge in [-0.3, -0.25) is 0 Å². The fourth-order valence-corrected chi connectivity index (χ4v) is 4.47. The van der Waals surface area contributed by atoms with Crippen LogP contribution in [0, 0.1) is 0 Å². The predicted molar refractivity (Wildman–Crippen MR) is 52.7 cm³/mol. The van der Waals surface area contributed by atoms with Crippen LogP contribution in [0.3, 0.4) is 0 Å². The first-order chi connectivity index (χ1) is 7.21. The molecule has 3 heterocycles. The second kappa shape index (κ2) is 3.41. The molecule has 1 unspecified atom stereocenters. The Morgan fingerprint density at radius 2 is 2.07 bits per heavy atom. The van der Waals surface area contributed by atoms with E-state index in [2.05, 4.69) is 0 Å². The van der Waals surface area contributed by atoms with E-state index in [4.69, 9.17) is 9.47 Å². The summed E-state index contributed by atoms with van der Waals surface area (Å²) in [7, 11) is -3.16. The summed E-state index contributed by atoms with van der Waals surface area (Å²) in [5.74, 6) is 0. The molecule has 6 heteroatoms. The maximum absolute atomic E-state index is 12.1. The van der Waals surface area contributed by atoms with Gasteiger partial charge in [0.15, 0.2) is 0 Å². The van der Waals surface area contributed by atoms with Gasteiger partial charge in [-0.25, -0.2) is 8.42 Å². The molecule has 86 valence electrons. The molecule has 0 spiro atoms. The van der Waals surface area contributed by atoms with Crippen molar-refractivity contribution in [3.8, 4) is 0 Å². The van der Waals surface area contributed by atoms with Crippen molar-refractivity contribution >= 4 is 10.0 Å². The largest absolute Gasteiger partial charge is 0.380 e. The Balaban J connectivity index is 1.76. The second-order valence-corrected chi connectivity index (χ2v) is 6.45. The minimum atomic E-state index is -3.16. The summed E-state index contributed by atoms with van der Waals surface area (Å²) in [6.45, 7) is 1.60. The summed E-state index contributed by atoms with van der Waals surface area (Å²) in [6, 6.07) is 0.115. The summed E-state index contributed by atoms with van der Waals surface area (Å²) >= 11 is 0. The molecular weight excluding hydrogens is 218 g/mol. The van der Waals surface area contributed by atoms with Gasteiger partial charge >= 0.3 is 0 Å². The van der Waals surface area contributed by atoms with E-state index < -0.39 is 10.0 Å². The van der Waals surface area contributed by atoms with Crippen LogP contribution in [0.15, 0.2) is 0 Å². The summed E-state index contributed by atoms with van der Waals surface area (Å²) in [4.78, 5) is 0. The van der Waals surface area contributed by atoms with E-state index in [1.54, 1.807) is 4.31 Å². The van der Waals surface area contributed by atoms with Gasteiger partial charge in [-0.1, -0.05) is 0 Å². The van der Waals surface area contributed by atoms with Crippen LogP contribution in [0.1, 0.15) is 19.3 Å². The Morgan fingerprint density at radius 3 is 2.67 bits per heavy atom. The molecule has 3 fully saturated rings. The number of hydrogen-bond donors (Lipinski definition) is 0. The van der Waals surface area contributed by atoms with Crippen LogP contribution in [-0.2, 0) is 19.5 Å². The highest BCUT2D eigenvalue weighted by molar-refractivity contribution is 7.90. The minimum absolute atomic E-state index is 0.115. The first-order valence-electron chi connectivity index (χ1n) is 5.43. The summed E-state index contributed by atoms with van der Waals surface area (Å²) < 4.78 is 36.3. The standard InChI is InChI=1S/C9H15NO4S/c11-15(12,7-3-5-13-6-7)10-8-2-1-4-14-9(8)10/h7-9H,1-6H2/t7-,8-,9-,10?/m1/s1. The lowest BCUT2D eigenvalue weighted by molar-refractivity contribution is 0.0785. The fourth-order valence-electron chi connectivity index (χ4n) is 2.44. The number of ether oxygens (including phenoxy) is 2. The normalized spacial score (nSPS) is 45.1. The highest BCUT2D eigenvalue weighted by Crippen LogP contribution is 2.41. The molecule has 15 heavy (non-hydrogen) atoms. The first-order valence-corrected chi connectivity index (χ1v) is 6.93. The molecule has 0 aliphatic carbocycles. The van der Waals surface area contributed by atoms with Gasteiger partial charge < -0.3 is 9.47 Å². The van der Waals surface area contributed by atoms with Gasteiger partial charge in [-0.05, 0) is 19.3 Å². The lowest BCUT2D eigenvalue weighted by Gasteiger charge is -2.10. The second-order valence-electron chi connectivity index (χ2n) is 4.33. The molecule has 4 atom stereocenters. The van der Waals surface area contributed by atoms with Gasteiger partial charge in [0, 0.05) is 13.2 Å². The molecule has 3 aliphatic heterocycles. The van der Waals surface area contributed by atoms with E-state index in [9.17, 15) is 8.42 Å². The summed E-state index contributed by atoms with van der Waals surface area (Å²) in [6.07, 6.45) is 2.37. The third kappa shape index (κ3) is 1.51. The number of nitrogens with zero attached hydrogens (tertiary/aromatic N) is 1. The Kier molecular flexibility index (Phi) is 2.28. The predicted octanol–water partition coefficient (Wildman–Crippen LogP) is -0.0742. The molecule has 0 radical (unpaired) electrons. The number of fused-ring (bicyclic) bond motifs is 1. The van der Waals surface area contributed by atoms with Gasteiger partial charge in [0.05, 0.1) is 12.6 Å². The topological polar surface area (TPSA) is 55.6 Å². The average Bonchev–Trinajstić information content (AvgIpc) is 2.71. The highest BCUT2D eigenvalue weighted by atomic mass is 32.2. The van der Waals surface area contributed by atoms with E-state index in [0.29, 0.717) is 26.2 Å². The molecule has 5 nitrogen and oxygen atoms in total. The molecule has 0 aromatic heterocycles. The SMILES string of the molecule is O=S(=O)([C@@H]1CCOC1)N1[C@@H]2CCCO[C@H]21. The van der Waals surface area contributed by atoms with Crippen molar-refractivity contribution in [2.24, 2.45) is 0 Å². The van der Waals surface area contributed by atoms with Crippen LogP contribution in [-0.4, -0.2) is 50.1 Å². The van der Waals surface area contributed by atoms with Crippen LogP contribution in [0.5, 0.6) is 0 Å². The first kappa shape index (κ1) is 10.0. The van der Waals surface area contributed by atoms with Crippen molar-refractivity contribution in [2.75, 3.05) is 19.8 Å². The van der Waals surface area contributed by atoms with E-state index >= 15 is 0 Å². The molecule has 3 rings (SSSR count). The van der Waals surface area contributed by atoms with E-state index in [0.717, 1.165) is 12.8 Å². The van der Waals surface area contributed by atoms with Crippen molar-refractivity contribution in [3.63, 3.8) is 0 Å². The summed E-state index contributed by atoms with van der Waals surface area (Å²) in [5.41, 5.74) is 0. The van der Waals surface area contributed by atoms with Crippen LogP contribution in [0.25, 0.3) is 0 Å². The number of hydrogen-bond acceptors (Lipinski definition) is 4. The van der Waals surface area contributed by atoms with Crippen LogP contribution >= 0.6 is 0 Å². The molecule has 0 aromatic rings. The minimum Gasteiger partial charge on any atom is -0.380 e. The van der Waals surface area contributed by atoms with Gasteiger partial charge in [-0.15, -0.1) is 0 Å². The lowest BCUT2D eigenvalue weighted by atomic mass is 10.2. The lowest BCUT2D eigenvalue weighted by Crippen LogP contribution is -2.29. The van der Waals surface area contributed by atoms with Gasteiger partial charge in [0.2, 0.25) is 10.0 Å². The number of rotatable bonds is 2. The third-order valence-electron chi connectivity index (χ3n) is 3.35.